The Kier molecular flexibility index (Phi) is 5.18. The summed E-state index contributed by atoms with van der Waals surface area (Å²) in [4.78, 5) is 16.6. The third kappa shape index (κ3) is 3.59. The standard InChI is InChI=1S/C21H24N2O3S/c1-14-16-12-15(25-2)7-8-18(16)26-20(14)21(24)22-13-17(19-6-5-11-27-19)23-9-3-4-10-23/h5-8,11-12,17H,3-4,9-10,13H2,1-2H3,(H,22,24). The van der Waals surface area contributed by atoms with E-state index in [9.17, 15) is 4.79 Å². The Morgan fingerprint density at radius 1 is 1.33 bits per heavy atom. The number of furan rings is 1. The third-order valence-corrected chi connectivity index (χ3v) is 6.23. The number of nitrogens with zero attached hydrogens (tertiary/aromatic N) is 1. The van der Waals surface area contributed by atoms with E-state index in [2.05, 4.69) is 27.7 Å². The molecule has 0 aliphatic carbocycles. The first-order valence-corrected chi connectivity index (χ1v) is 10.2. The molecule has 5 nitrogen and oxygen atoms in total. The van der Waals surface area contributed by atoms with Crippen molar-refractivity contribution in [1.29, 1.82) is 0 Å². The van der Waals surface area contributed by atoms with Crippen LogP contribution < -0.4 is 10.1 Å². The zero-order valence-electron chi connectivity index (χ0n) is 15.7. The van der Waals surface area contributed by atoms with E-state index < -0.39 is 0 Å². The summed E-state index contributed by atoms with van der Waals surface area (Å²) in [5.74, 6) is 0.971. The number of aryl methyl sites for hydroxylation is 1. The number of hydrogen-bond acceptors (Lipinski definition) is 5. The van der Waals surface area contributed by atoms with Gasteiger partial charge in [-0.3, -0.25) is 9.69 Å². The summed E-state index contributed by atoms with van der Waals surface area (Å²) in [6.07, 6.45) is 2.45. The SMILES string of the molecule is COc1ccc2oc(C(=O)NCC(c3cccs3)N3CCCC3)c(C)c2c1. The monoisotopic (exact) mass is 384 g/mol. The molecule has 1 amide bonds. The van der Waals surface area contributed by atoms with Gasteiger partial charge < -0.3 is 14.5 Å². The Morgan fingerprint density at radius 3 is 2.85 bits per heavy atom. The van der Waals surface area contributed by atoms with Crippen LogP contribution in [0.1, 0.15) is 39.9 Å². The molecule has 142 valence electrons. The molecular weight excluding hydrogens is 360 g/mol. The number of fused-ring (bicyclic) bond motifs is 1. The molecule has 1 saturated heterocycles. The summed E-state index contributed by atoms with van der Waals surface area (Å²) in [6, 6.07) is 10.0. The molecule has 1 atom stereocenters. The van der Waals surface area contributed by atoms with Crippen molar-refractivity contribution < 1.29 is 13.9 Å². The highest BCUT2D eigenvalue weighted by molar-refractivity contribution is 7.10. The number of benzene rings is 1. The molecule has 1 aliphatic rings. The molecule has 1 unspecified atom stereocenters. The van der Waals surface area contributed by atoms with Crippen LogP contribution >= 0.6 is 11.3 Å². The Balaban J connectivity index is 1.52. The second kappa shape index (κ2) is 7.74. The summed E-state index contributed by atoms with van der Waals surface area (Å²) >= 11 is 1.75. The highest BCUT2D eigenvalue weighted by atomic mass is 32.1. The van der Waals surface area contributed by atoms with Crippen molar-refractivity contribution in [3.8, 4) is 5.75 Å². The van der Waals surface area contributed by atoms with E-state index in [1.165, 1.54) is 17.7 Å². The van der Waals surface area contributed by atoms with Gasteiger partial charge in [0.05, 0.1) is 13.2 Å². The van der Waals surface area contributed by atoms with Crippen molar-refractivity contribution in [2.24, 2.45) is 0 Å². The normalized spacial score (nSPS) is 15.9. The molecule has 1 fully saturated rings. The van der Waals surface area contributed by atoms with E-state index in [-0.39, 0.29) is 11.9 Å². The molecule has 1 aromatic carbocycles. The molecule has 2 aromatic heterocycles. The first-order valence-electron chi connectivity index (χ1n) is 9.30. The van der Waals surface area contributed by atoms with Gasteiger partial charge in [-0.1, -0.05) is 6.07 Å². The maximum Gasteiger partial charge on any atom is 0.287 e. The minimum absolute atomic E-state index is 0.164. The number of likely N-dealkylation sites (tertiary alicyclic amines) is 1. The number of ether oxygens (including phenoxy) is 1. The number of rotatable bonds is 6. The number of carbonyl (C=O) groups is 1. The lowest BCUT2D eigenvalue weighted by Gasteiger charge is -2.26. The maximum absolute atomic E-state index is 12.8. The van der Waals surface area contributed by atoms with Gasteiger partial charge in [0.2, 0.25) is 0 Å². The molecule has 3 aromatic rings. The Morgan fingerprint density at radius 2 is 2.15 bits per heavy atom. The van der Waals surface area contributed by atoms with E-state index in [1.807, 2.05) is 25.1 Å². The minimum atomic E-state index is -0.164. The van der Waals surface area contributed by atoms with Gasteiger partial charge in [0.15, 0.2) is 5.76 Å². The molecule has 1 aliphatic heterocycles. The molecule has 3 heterocycles. The molecule has 0 bridgehead atoms. The first-order chi connectivity index (χ1) is 13.2. The van der Waals surface area contributed by atoms with Gasteiger partial charge in [-0.05, 0) is 62.5 Å². The van der Waals surface area contributed by atoms with Crippen molar-refractivity contribution in [3.63, 3.8) is 0 Å². The van der Waals surface area contributed by atoms with Crippen molar-refractivity contribution in [2.45, 2.75) is 25.8 Å². The van der Waals surface area contributed by atoms with E-state index in [0.29, 0.717) is 17.9 Å². The first kappa shape index (κ1) is 18.1. The topological polar surface area (TPSA) is 54.7 Å². The lowest BCUT2D eigenvalue weighted by molar-refractivity contribution is 0.0912. The summed E-state index contributed by atoms with van der Waals surface area (Å²) in [5.41, 5.74) is 1.54. The predicted octanol–water partition coefficient (Wildman–Crippen LogP) is 4.38. The highest BCUT2D eigenvalue weighted by Crippen LogP contribution is 2.30. The maximum atomic E-state index is 12.8. The quantitative estimate of drug-likeness (QED) is 0.685. The van der Waals surface area contributed by atoms with Crippen molar-refractivity contribution in [2.75, 3.05) is 26.7 Å². The lowest BCUT2D eigenvalue weighted by atomic mass is 10.1. The molecule has 0 spiro atoms. The van der Waals surface area contributed by atoms with Crippen LogP contribution in [0.25, 0.3) is 11.0 Å². The second-order valence-corrected chi connectivity index (χ2v) is 7.88. The van der Waals surface area contributed by atoms with Gasteiger partial charge in [0, 0.05) is 22.4 Å². The van der Waals surface area contributed by atoms with Crippen LogP contribution in [-0.4, -0.2) is 37.6 Å². The van der Waals surface area contributed by atoms with Crippen LogP contribution in [0.4, 0.5) is 0 Å². The Labute approximate surface area is 162 Å². The number of hydrogen-bond donors (Lipinski definition) is 1. The number of nitrogens with one attached hydrogen (secondary N) is 1. The fourth-order valence-corrected chi connectivity index (χ4v) is 4.62. The molecule has 0 saturated carbocycles. The smallest absolute Gasteiger partial charge is 0.287 e. The summed E-state index contributed by atoms with van der Waals surface area (Å²) < 4.78 is 11.1. The lowest BCUT2D eigenvalue weighted by Crippen LogP contribution is -2.36. The summed E-state index contributed by atoms with van der Waals surface area (Å²) in [5, 5.41) is 6.10. The van der Waals surface area contributed by atoms with E-state index in [4.69, 9.17) is 9.15 Å². The van der Waals surface area contributed by atoms with Crippen LogP contribution in [0.3, 0.4) is 0 Å². The van der Waals surface area contributed by atoms with Crippen LogP contribution in [0.2, 0.25) is 0 Å². The summed E-state index contributed by atoms with van der Waals surface area (Å²) in [6.45, 7) is 4.67. The van der Waals surface area contributed by atoms with Crippen LogP contribution in [-0.2, 0) is 0 Å². The van der Waals surface area contributed by atoms with Crippen LogP contribution in [0, 0.1) is 6.92 Å². The van der Waals surface area contributed by atoms with Crippen LogP contribution in [0.5, 0.6) is 5.75 Å². The zero-order valence-corrected chi connectivity index (χ0v) is 16.5. The number of methoxy groups -OCH3 is 1. The van der Waals surface area contributed by atoms with E-state index in [1.54, 1.807) is 18.4 Å². The average Bonchev–Trinajstić information content (AvgIpc) is 3.44. The fraction of sp³-hybridized carbons (Fsp3) is 0.381. The minimum Gasteiger partial charge on any atom is -0.497 e. The molecule has 4 rings (SSSR count). The molecular formula is C21H24N2O3S. The highest BCUT2D eigenvalue weighted by Gasteiger charge is 2.26. The van der Waals surface area contributed by atoms with Gasteiger partial charge in [-0.25, -0.2) is 0 Å². The zero-order chi connectivity index (χ0) is 18.8. The predicted molar refractivity (Wildman–Crippen MR) is 108 cm³/mol. The fourth-order valence-electron chi connectivity index (χ4n) is 3.76. The Hall–Kier alpha value is -2.31. The van der Waals surface area contributed by atoms with E-state index >= 15 is 0 Å². The van der Waals surface area contributed by atoms with Gasteiger partial charge in [-0.2, -0.15) is 0 Å². The van der Waals surface area contributed by atoms with Gasteiger partial charge in [0.25, 0.3) is 5.91 Å². The second-order valence-electron chi connectivity index (χ2n) is 6.90. The van der Waals surface area contributed by atoms with Crippen molar-refractivity contribution in [1.82, 2.24) is 10.2 Å². The molecule has 1 N–H and O–H groups in total. The average molecular weight is 385 g/mol. The number of amides is 1. The van der Waals surface area contributed by atoms with Gasteiger partial charge in [-0.15, -0.1) is 11.3 Å². The molecule has 6 heteroatoms. The van der Waals surface area contributed by atoms with Gasteiger partial charge in [0.1, 0.15) is 11.3 Å². The summed E-state index contributed by atoms with van der Waals surface area (Å²) in [7, 11) is 1.63. The van der Waals surface area contributed by atoms with Gasteiger partial charge >= 0.3 is 0 Å². The number of thiophene rings is 1. The van der Waals surface area contributed by atoms with E-state index in [0.717, 1.165) is 29.8 Å². The number of carbonyl (C=O) groups excluding carboxylic acids is 1. The largest absolute Gasteiger partial charge is 0.497 e. The third-order valence-electron chi connectivity index (χ3n) is 5.26. The van der Waals surface area contributed by atoms with Crippen molar-refractivity contribution >= 4 is 28.2 Å². The van der Waals surface area contributed by atoms with Crippen LogP contribution in [0.15, 0.2) is 40.1 Å². The van der Waals surface area contributed by atoms with Crippen molar-refractivity contribution in [3.05, 3.63) is 51.9 Å². The molecule has 27 heavy (non-hydrogen) atoms. The molecule has 0 radical (unpaired) electrons. The Bertz CT molecular complexity index is 926.